The number of methoxy groups -OCH3 is 1. The molecule has 0 aromatic heterocycles. The van der Waals surface area contributed by atoms with Gasteiger partial charge in [0.1, 0.15) is 0 Å². The van der Waals surface area contributed by atoms with Crippen LogP contribution in [-0.2, 0) is 9.53 Å². The van der Waals surface area contributed by atoms with E-state index in [1.54, 1.807) is 17.0 Å². The van der Waals surface area contributed by atoms with E-state index in [-0.39, 0.29) is 5.91 Å². The van der Waals surface area contributed by atoms with Gasteiger partial charge in [0.05, 0.1) is 56.8 Å². The summed E-state index contributed by atoms with van der Waals surface area (Å²) >= 11 is 0. The number of quaternary nitrogens is 1. The van der Waals surface area contributed by atoms with Gasteiger partial charge in [-0.1, -0.05) is 6.92 Å². The molecule has 0 unspecified atom stereocenters. The topological polar surface area (TPSA) is 63.1 Å². The largest absolute Gasteiger partial charge is 0.465 e. The summed E-state index contributed by atoms with van der Waals surface area (Å²) in [4.78, 5) is 27.4. The van der Waals surface area contributed by atoms with Gasteiger partial charge in [-0.15, -0.1) is 0 Å². The van der Waals surface area contributed by atoms with Gasteiger partial charge in [-0.25, -0.2) is 4.79 Å². The van der Waals surface area contributed by atoms with E-state index >= 15 is 0 Å². The molecule has 1 aromatic carbocycles. The van der Waals surface area contributed by atoms with E-state index in [2.05, 4.69) is 17.1 Å². The molecule has 6 nitrogen and oxygen atoms in total. The van der Waals surface area contributed by atoms with E-state index < -0.39 is 5.97 Å². The van der Waals surface area contributed by atoms with Gasteiger partial charge in [0.25, 0.3) is 0 Å². The number of ether oxygens (including phenoxy) is 1. The molecule has 0 aliphatic carbocycles. The highest BCUT2D eigenvalue weighted by atomic mass is 16.5. The fourth-order valence-electron chi connectivity index (χ4n) is 2.81. The van der Waals surface area contributed by atoms with Gasteiger partial charge in [-0.05, 0) is 25.1 Å². The van der Waals surface area contributed by atoms with Crippen molar-refractivity contribution in [2.75, 3.05) is 50.1 Å². The van der Waals surface area contributed by atoms with E-state index in [0.29, 0.717) is 17.7 Å². The highest BCUT2D eigenvalue weighted by molar-refractivity contribution is 5.98. The maximum atomic E-state index is 11.8. The van der Waals surface area contributed by atoms with Crippen molar-refractivity contribution in [3.63, 3.8) is 0 Å². The van der Waals surface area contributed by atoms with Crippen molar-refractivity contribution >= 4 is 23.3 Å². The van der Waals surface area contributed by atoms with E-state index in [9.17, 15) is 9.59 Å². The molecule has 0 saturated carbocycles. The van der Waals surface area contributed by atoms with Crippen LogP contribution in [0.15, 0.2) is 18.2 Å². The smallest absolute Gasteiger partial charge is 0.337 e. The summed E-state index contributed by atoms with van der Waals surface area (Å²) in [5, 5.41) is 2.91. The van der Waals surface area contributed by atoms with Crippen molar-refractivity contribution in [3.05, 3.63) is 23.8 Å². The van der Waals surface area contributed by atoms with Crippen LogP contribution < -0.4 is 15.1 Å². The van der Waals surface area contributed by atoms with Crippen molar-refractivity contribution in [2.24, 2.45) is 0 Å². The van der Waals surface area contributed by atoms with Crippen LogP contribution in [0.3, 0.4) is 0 Å². The number of amides is 1. The minimum Gasteiger partial charge on any atom is -0.465 e. The Morgan fingerprint density at radius 3 is 2.52 bits per heavy atom. The van der Waals surface area contributed by atoms with Gasteiger partial charge < -0.3 is 19.9 Å². The molecule has 6 heteroatoms. The minimum absolute atomic E-state index is 0.0638. The Morgan fingerprint density at radius 2 is 1.96 bits per heavy atom. The Bertz CT molecular complexity index is 566. The maximum absolute atomic E-state index is 11.8. The third-order valence-electron chi connectivity index (χ3n) is 4.32. The first-order chi connectivity index (χ1) is 11.1. The quantitative estimate of drug-likeness (QED) is 0.778. The van der Waals surface area contributed by atoms with Gasteiger partial charge in [0.2, 0.25) is 5.91 Å². The molecule has 1 aliphatic heterocycles. The van der Waals surface area contributed by atoms with Crippen molar-refractivity contribution < 1.29 is 19.2 Å². The molecule has 0 atom stereocenters. The Hall–Kier alpha value is -2.08. The van der Waals surface area contributed by atoms with Gasteiger partial charge in [-0.3, -0.25) is 4.79 Å². The van der Waals surface area contributed by atoms with Crippen molar-refractivity contribution in [3.8, 4) is 0 Å². The summed E-state index contributed by atoms with van der Waals surface area (Å²) in [7, 11) is 1.35. The van der Waals surface area contributed by atoms with Crippen LogP contribution in [0.5, 0.6) is 0 Å². The van der Waals surface area contributed by atoms with E-state index in [1.165, 1.54) is 7.11 Å². The second kappa shape index (κ2) is 7.97. The lowest BCUT2D eigenvalue weighted by molar-refractivity contribution is -0.898. The molecular formula is C17H26N3O3+. The molecule has 0 spiro atoms. The Morgan fingerprint density at radius 1 is 1.26 bits per heavy atom. The van der Waals surface area contributed by atoms with Crippen LogP contribution in [0.1, 0.15) is 30.6 Å². The minimum atomic E-state index is -0.399. The SMILES string of the molecule is CCC(=O)Nc1cc(C(=O)OC)ccc1N1CC[NH+](CC)CC1. The highest BCUT2D eigenvalue weighted by Crippen LogP contribution is 2.28. The Balaban J connectivity index is 2.26. The first-order valence-electron chi connectivity index (χ1n) is 8.19. The number of nitrogens with one attached hydrogen (secondary N) is 2. The Labute approximate surface area is 137 Å². The lowest BCUT2D eigenvalue weighted by Crippen LogP contribution is -3.14. The van der Waals surface area contributed by atoms with Crippen LogP contribution in [0, 0.1) is 0 Å². The molecule has 2 N–H and O–H groups in total. The Kier molecular flexibility index (Phi) is 5.98. The number of piperazine rings is 1. The monoisotopic (exact) mass is 320 g/mol. The molecule has 1 fully saturated rings. The number of likely N-dealkylation sites (N-methyl/N-ethyl adjacent to an activating group) is 1. The number of hydrogen-bond acceptors (Lipinski definition) is 4. The lowest BCUT2D eigenvalue weighted by Gasteiger charge is -2.34. The normalized spacial score (nSPS) is 15.3. The predicted octanol–water partition coefficient (Wildman–Crippen LogP) is 0.547. The second-order valence-electron chi connectivity index (χ2n) is 5.72. The summed E-state index contributed by atoms with van der Waals surface area (Å²) in [6.45, 7) is 9.18. The second-order valence-corrected chi connectivity index (χ2v) is 5.72. The first kappa shape index (κ1) is 17.3. The number of hydrogen-bond donors (Lipinski definition) is 2. The maximum Gasteiger partial charge on any atom is 0.337 e. The number of nitrogens with zero attached hydrogens (tertiary/aromatic N) is 1. The summed E-state index contributed by atoms with van der Waals surface area (Å²) in [5.41, 5.74) is 2.09. The number of carbonyl (C=O) groups is 2. The van der Waals surface area contributed by atoms with Crippen LogP contribution in [-0.4, -0.2) is 51.7 Å². The summed E-state index contributed by atoms with van der Waals surface area (Å²) in [6.07, 6.45) is 0.398. The van der Waals surface area contributed by atoms with Gasteiger partial charge in [0, 0.05) is 6.42 Å². The van der Waals surface area contributed by atoms with E-state index in [4.69, 9.17) is 4.74 Å². The van der Waals surface area contributed by atoms with E-state index in [1.807, 2.05) is 13.0 Å². The van der Waals surface area contributed by atoms with Crippen molar-refractivity contribution in [1.82, 2.24) is 0 Å². The van der Waals surface area contributed by atoms with Gasteiger partial charge in [-0.2, -0.15) is 0 Å². The average molecular weight is 320 g/mol. The van der Waals surface area contributed by atoms with Crippen LogP contribution in [0.25, 0.3) is 0 Å². The van der Waals surface area contributed by atoms with Crippen molar-refractivity contribution in [1.29, 1.82) is 0 Å². The first-order valence-corrected chi connectivity index (χ1v) is 8.19. The number of anilines is 2. The lowest BCUT2D eigenvalue weighted by atomic mass is 10.1. The van der Waals surface area contributed by atoms with Gasteiger partial charge >= 0.3 is 5.97 Å². The molecule has 0 bridgehead atoms. The number of carbonyl (C=O) groups excluding carboxylic acids is 2. The zero-order valence-corrected chi connectivity index (χ0v) is 14.1. The number of benzene rings is 1. The zero-order chi connectivity index (χ0) is 16.8. The predicted molar refractivity (Wildman–Crippen MR) is 90.2 cm³/mol. The molecule has 126 valence electrons. The highest BCUT2D eigenvalue weighted by Gasteiger charge is 2.22. The average Bonchev–Trinajstić information content (AvgIpc) is 2.61. The van der Waals surface area contributed by atoms with Crippen LogP contribution >= 0.6 is 0 Å². The molecule has 1 aliphatic rings. The van der Waals surface area contributed by atoms with Crippen LogP contribution in [0.4, 0.5) is 11.4 Å². The standard InChI is InChI=1S/C17H25N3O3/c1-4-16(21)18-14-12-13(17(22)23-3)6-7-15(14)20-10-8-19(5-2)9-11-20/h6-7,12H,4-5,8-11H2,1-3H3,(H,18,21)/p+1. The zero-order valence-electron chi connectivity index (χ0n) is 14.1. The fourth-order valence-corrected chi connectivity index (χ4v) is 2.81. The molecule has 1 saturated heterocycles. The summed E-state index contributed by atoms with van der Waals surface area (Å²) < 4.78 is 4.77. The molecule has 1 heterocycles. The summed E-state index contributed by atoms with van der Waals surface area (Å²) in [5.74, 6) is -0.463. The third-order valence-corrected chi connectivity index (χ3v) is 4.32. The molecule has 1 amide bonds. The number of rotatable bonds is 5. The third kappa shape index (κ3) is 4.22. The molecule has 0 radical (unpaired) electrons. The molecule has 23 heavy (non-hydrogen) atoms. The molecule has 1 aromatic rings. The molecular weight excluding hydrogens is 294 g/mol. The summed E-state index contributed by atoms with van der Waals surface area (Å²) in [6, 6.07) is 5.35. The van der Waals surface area contributed by atoms with Crippen LogP contribution in [0.2, 0.25) is 0 Å². The van der Waals surface area contributed by atoms with Gasteiger partial charge in [0.15, 0.2) is 0 Å². The fraction of sp³-hybridized carbons (Fsp3) is 0.529. The molecule has 2 rings (SSSR count). The van der Waals surface area contributed by atoms with E-state index in [0.717, 1.165) is 38.4 Å². The van der Waals surface area contributed by atoms with Crippen molar-refractivity contribution in [2.45, 2.75) is 20.3 Å². The number of esters is 1.